The molecule has 2 rings (SSSR count). The maximum Gasteiger partial charge on any atom is 0.272 e. The number of ether oxygens (including phenoxy) is 2. The van der Waals surface area contributed by atoms with Gasteiger partial charge in [-0.25, -0.2) is 8.78 Å². The third-order valence-electron chi connectivity index (χ3n) is 3.32. The van der Waals surface area contributed by atoms with Crippen molar-refractivity contribution in [2.75, 3.05) is 40.4 Å². The summed E-state index contributed by atoms with van der Waals surface area (Å²) in [6.07, 6.45) is 0. The zero-order valence-corrected chi connectivity index (χ0v) is 11.8. The van der Waals surface area contributed by atoms with E-state index in [0.29, 0.717) is 31.1 Å². The lowest BCUT2D eigenvalue weighted by Crippen LogP contribution is -2.38. The fourth-order valence-corrected chi connectivity index (χ4v) is 2.35. The van der Waals surface area contributed by atoms with Crippen LogP contribution in [0.4, 0.5) is 8.78 Å². The molecule has 0 aromatic heterocycles. The van der Waals surface area contributed by atoms with Crippen LogP contribution in [0.1, 0.15) is 5.56 Å². The van der Waals surface area contributed by atoms with E-state index in [4.69, 9.17) is 9.47 Å². The highest BCUT2D eigenvalue weighted by atomic mass is 19.3. The van der Waals surface area contributed by atoms with Crippen molar-refractivity contribution < 1.29 is 18.3 Å². The van der Waals surface area contributed by atoms with Gasteiger partial charge < -0.3 is 14.8 Å². The highest BCUT2D eigenvalue weighted by Gasteiger charge is 2.33. The average molecular weight is 286 g/mol. The minimum Gasteiger partial charge on any atom is -0.497 e. The van der Waals surface area contributed by atoms with Crippen LogP contribution in [-0.2, 0) is 6.54 Å². The van der Waals surface area contributed by atoms with Crippen LogP contribution >= 0.6 is 0 Å². The number of halogens is 2. The van der Waals surface area contributed by atoms with Gasteiger partial charge in [0, 0.05) is 25.2 Å². The van der Waals surface area contributed by atoms with Gasteiger partial charge in [0.2, 0.25) is 0 Å². The number of hydrogen-bond acceptors (Lipinski definition) is 4. The molecule has 1 fully saturated rings. The average Bonchev–Trinajstić information content (AvgIpc) is 2.59. The Morgan fingerprint density at radius 1 is 1.30 bits per heavy atom. The number of nitrogens with one attached hydrogen (secondary N) is 1. The van der Waals surface area contributed by atoms with Gasteiger partial charge in [-0.05, 0) is 18.2 Å². The molecule has 1 N–H and O–H groups in total. The number of rotatable bonds is 4. The van der Waals surface area contributed by atoms with Crippen LogP contribution < -0.4 is 14.8 Å². The molecule has 1 aliphatic rings. The van der Waals surface area contributed by atoms with Crippen molar-refractivity contribution in [1.29, 1.82) is 0 Å². The summed E-state index contributed by atoms with van der Waals surface area (Å²) in [5.74, 6) is -1.32. The Morgan fingerprint density at radius 2 is 2.10 bits per heavy atom. The zero-order valence-electron chi connectivity index (χ0n) is 11.8. The second kappa shape index (κ2) is 6.37. The molecule has 0 bridgehead atoms. The molecule has 1 aromatic rings. The van der Waals surface area contributed by atoms with Crippen molar-refractivity contribution in [2.24, 2.45) is 0 Å². The molecule has 6 heteroatoms. The SMILES string of the molecule is COc1ccc(OC)c(CN2CCNCC(F)(F)C2)c1. The first kappa shape index (κ1) is 15.0. The monoisotopic (exact) mass is 286 g/mol. The van der Waals surface area contributed by atoms with E-state index in [1.807, 2.05) is 6.07 Å². The maximum absolute atomic E-state index is 13.6. The van der Waals surface area contributed by atoms with Gasteiger partial charge in [0.1, 0.15) is 11.5 Å². The minimum atomic E-state index is -2.71. The summed E-state index contributed by atoms with van der Waals surface area (Å²) < 4.78 is 37.6. The van der Waals surface area contributed by atoms with Crippen LogP contribution in [0.15, 0.2) is 18.2 Å². The fraction of sp³-hybridized carbons (Fsp3) is 0.571. The van der Waals surface area contributed by atoms with Crippen LogP contribution in [0.25, 0.3) is 0 Å². The Balaban J connectivity index is 2.15. The lowest BCUT2D eigenvalue weighted by molar-refractivity contribution is -0.0202. The van der Waals surface area contributed by atoms with Crippen LogP contribution in [-0.4, -0.2) is 51.2 Å². The van der Waals surface area contributed by atoms with E-state index < -0.39 is 5.92 Å². The van der Waals surface area contributed by atoms with Crippen molar-refractivity contribution in [3.63, 3.8) is 0 Å². The molecule has 1 aromatic carbocycles. The molecule has 1 saturated heterocycles. The standard InChI is InChI=1S/C14H20F2N2O2/c1-19-12-3-4-13(20-2)11(7-12)8-18-6-5-17-9-14(15,16)10-18/h3-4,7,17H,5-6,8-10H2,1-2H3. The van der Waals surface area contributed by atoms with E-state index in [2.05, 4.69) is 5.32 Å². The topological polar surface area (TPSA) is 33.7 Å². The van der Waals surface area contributed by atoms with E-state index in [0.717, 1.165) is 5.56 Å². The second-order valence-corrected chi connectivity index (χ2v) is 4.92. The molecule has 4 nitrogen and oxygen atoms in total. The van der Waals surface area contributed by atoms with Crippen LogP contribution in [0.5, 0.6) is 11.5 Å². The Kier molecular flexibility index (Phi) is 4.77. The number of alkyl halides is 2. The van der Waals surface area contributed by atoms with Crippen molar-refractivity contribution in [3.05, 3.63) is 23.8 Å². The number of nitrogens with zero attached hydrogens (tertiary/aromatic N) is 1. The van der Waals surface area contributed by atoms with Gasteiger partial charge in [0.05, 0.1) is 27.3 Å². The summed E-state index contributed by atoms with van der Waals surface area (Å²) in [4.78, 5) is 1.73. The van der Waals surface area contributed by atoms with Crippen molar-refractivity contribution >= 4 is 0 Å². The van der Waals surface area contributed by atoms with Gasteiger partial charge in [-0.1, -0.05) is 0 Å². The predicted octanol–water partition coefficient (Wildman–Crippen LogP) is 1.74. The van der Waals surface area contributed by atoms with Crippen molar-refractivity contribution in [1.82, 2.24) is 10.2 Å². The molecular weight excluding hydrogens is 266 g/mol. The Morgan fingerprint density at radius 3 is 2.80 bits per heavy atom. The van der Waals surface area contributed by atoms with Crippen LogP contribution in [0.2, 0.25) is 0 Å². The Hall–Kier alpha value is -1.40. The molecule has 112 valence electrons. The number of hydrogen-bond donors (Lipinski definition) is 1. The van der Waals surface area contributed by atoms with Gasteiger partial charge in [-0.15, -0.1) is 0 Å². The van der Waals surface area contributed by atoms with Crippen LogP contribution in [0, 0.1) is 0 Å². The predicted molar refractivity (Wildman–Crippen MR) is 72.6 cm³/mol. The van der Waals surface area contributed by atoms with Crippen molar-refractivity contribution in [3.8, 4) is 11.5 Å². The molecule has 0 spiro atoms. The summed E-state index contributed by atoms with van der Waals surface area (Å²) >= 11 is 0. The van der Waals surface area contributed by atoms with Gasteiger partial charge in [-0.2, -0.15) is 0 Å². The van der Waals surface area contributed by atoms with E-state index >= 15 is 0 Å². The molecule has 0 unspecified atom stereocenters. The molecule has 0 atom stereocenters. The molecule has 0 amide bonds. The third-order valence-corrected chi connectivity index (χ3v) is 3.32. The fourth-order valence-electron chi connectivity index (χ4n) is 2.35. The maximum atomic E-state index is 13.6. The third kappa shape index (κ3) is 3.80. The van der Waals surface area contributed by atoms with Gasteiger partial charge in [0.15, 0.2) is 0 Å². The van der Waals surface area contributed by atoms with Gasteiger partial charge in [-0.3, -0.25) is 4.90 Å². The smallest absolute Gasteiger partial charge is 0.272 e. The van der Waals surface area contributed by atoms with Gasteiger partial charge >= 0.3 is 0 Å². The largest absolute Gasteiger partial charge is 0.497 e. The molecule has 0 saturated carbocycles. The van der Waals surface area contributed by atoms with E-state index in [1.54, 1.807) is 31.3 Å². The highest BCUT2D eigenvalue weighted by Crippen LogP contribution is 2.26. The first-order valence-corrected chi connectivity index (χ1v) is 6.56. The molecule has 0 radical (unpaired) electrons. The van der Waals surface area contributed by atoms with E-state index in [9.17, 15) is 8.78 Å². The zero-order chi connectivity index (χ0) is 14.6. The molecule has 20 heavy (non-hydrogen) atoms. The summed E-state index contributed by atoms with van der Waals surface area (Å²) in [5, 5.41) is 2.76. The van der Waals surface area contributed by atoms with Crippen LogP contribution in [0.3, 0.4) is 0 Å². The van der Waals surface area contributed by atoms with Gasteiger partial charge in [0.25, 0.3) is 5.92 Å². The molecule has 0 aliphatic carbocycles. The normalized spacial score (nSPS) is 19.4. The quantitative estimate of drug-likeness (QED) is 0.914. The van der Waals surface area contributed by atoms with Crippen molar-refractivity contribution in [2.45, 2.75) is 12.5 Å². The second-order valence-electron chi connectivity index (χ2n) is 4.92. The first-order valence-electron chi connectivity index (χ1n) is 6.56. The number of benzene rings is 1. The lowest BCUT2D eigenvalue weighted by Gasteiger charge is -2.24. The summed E-state index contributed by atoms with van der Waals surface area (Å²) in [7, 11) is 3.15. The summed E-state index contributed by atoms with van der Waals surface area (Å²) in [5.41, 5.74) is 0.851. The Labute approximate surface area is 117 Å². The minimum absolute atomic E-state index is 0.250. The summed E-state index contributed by atoms with van der Waals surface area (Å²) in [6, 6.07) is 5.42. The lowest BCUT2D eigenvalue weighted by atomic mass is 10.1. The first-order chi connectivity index (χ1) is 9.54. The summed E-state index contributed by atoms with van der Waals surface area (Å²) in [6.45, 7) is 1.04. The van der Waals surface area contributed by atoms with E-state index in [1.165, 1.54) is 0 Å². The molecule has 1 aliphatic heterocycles. The molecule has 1 heterocycles. The highest BCUT2D eigenvalue weighted by molar-refractivity contribution is 5.40. The van der Waals surface area contributed by atoms with E-state index in [-0.39, 0.29) is 13.1 Å². The number of methoxy groups -OCH3 is 2. The molecular formula is C14H20F2N2O2. The Bertz CT molecular complexity index is 455.